The molecule has 6 aromatic rings. The van der Waals surface area contributed by atoms with E-state index in [4.69, 9.17) is 0 Å². The van der Waals surface area contributed by atoms with Gasteiger partial charge < -0.3 is 4.40 Å². The van der Waals surface area contributed by atoms with Crippen molar-refractivity contribution in [2.75, 3.05) is 0 Å². The first kappa shape index (κ1) is 18.8. The summed E-state index contributed by atoms with van der Waals surface area (Å²) in [6.45, 7) is 14.1. The second kappa shape index (κ2) is 5.86. The molecule has 0 bridgehead atoms. The summed E-state index contributed by atoms with van der Waals surface area (Å²) >= 11 is 0. The van der Waals surface area contributed by atoms with Crippen molar-refractivity contribution < 1.29 is 4.57 Å². The van der Waals surface area contributed by atoms with Gasteiger partial charge >= 0.3 is 0 Å². The van der Waals surface area contributed by atoms with E-state index in [1.54, 1.807) is 0 Å². The zero-order valence-corrected chi connectivity index (χ0v) is 20.5. The van der Waals surface area contributed by atoms with Crippen molar-refractivity contribution in [1.29, 1.82) is 0 Å². The third kappa shape index (κ3) is 2.30. The number of aromatic nitrogens is 2. The largest absolute Gasteiger partial charge is 0.307 e. The van der Waals surface area contributed by atoms with Gasteiger partial charge in [0.2, 0.25) is 5.52 Å². The molecular formula is C28H29N2Si+. The molecule has 0 aliphatic rings. The summed E-state index contributed by atoms with van der Waals surface area (Å²) in [6.07, 6.45) is 2.24. The number of nitrogens with zero attached hydrogens (tertiary/aromatic N) is 2. The Morgan fingerprint density at radius 3 is 2.16 bits per heavy atom. The minimum Gasteiger partial charge on any atom is -0.307 e. The average molecular weight is 422 g/mol. The van der Waals surface area contributed by atoms with Gasteiger partial charge in [-0.25, -0.2) is 4.57 Å². The molecule has 0 fully saturated rings. The summed E-state index contributed by atoms with van der Waals surface area (Å²) in [6, 6.07) is 16.5. The average Bonchev–Trinajstić information content (AvgIpc) is 3.07. The van der Waals surface area contributed by atoms with Crippen LogP contribution in [-0.2, 0) is 7.05 Å². The highest BCUT2D eigenvalue weighted by atomic mass is 28.3. The number of hydrogen-bond acceptors (Lipinski definition) is 0. The van der Waals surface area contributed by atoms with Gasteiger partial charge in [-0.05, 0) is 48.9 Å². The van der Waals surface area contributed by atoms with Crippen LogP contribution in [0.2, 0.25) is 19.6 Å². The maximum atomic E-state index is 2.59. The number of rotatable bonds is 1. The number of aryl methyl sites for hydroxylation is 4. The molecule has 3 heterocycles. The maximum Gasteiger partial charge on any atom is 0.224 e. The number of pyridine rings is 2. The monoisotopic (exact) mass is 421 g/mol. The van der Waals surface area contributed by atoms with Gasteiger partial charge in [0.05, 0.1) is 35.4 Å². The Labute approximate surface area is 184 Å². The molecule has 0 unspecified atom stereocenters. The van der Waals surface area contributed by atoms with Gasteiger partial charge in [0.1, 0.15) is 7.05 Å². The van der Waals surface area contributed by atoms with E-state index in [0.717, 1.165) is 0 Å². The maximum absolute atomic E-state index is 2.59. The van der Waals surface area contributed by atoms with Gasteiger partial charge in [0.15, 0.2) is 6.20 Å². The van der Waals surface area contributed by atoms with Crippen molar-refractivity contribution in [3.05, 3.63) is 65.4 Å². The van der Waals surface area contributed by atoms with Crippen LogP contribution < -0.4 is 9.75 Å². The first-order valence-corrected chi connectivity index (χ1v) is 14.7. The summed E-state index contributed by atoms with van der Waals surface area (Å²) in [4.78, 5) is 0. The molecule has 0 aliphatic heterocycles. The first-order valence-electron chi connectivity index (χ1n) is 11.2. The SMILES string of the molecule is Cc1ccc(C)c2c1c1ccc(C)c3c1n2c1cc([Si](C)(C)C)cc2cc[n+](C)c3c21. The molecule has 31 heavy (non-hydrogen) atoms. The third-order valence-electron chi connectivity index (χ3n) is 7.25. The number of hydrogen-bond donors (Lipinski definition) is 0. The molecule has 2 nitrogen and oxygen atoms in total. The number of fused-ring (bicyclic) bond motifs is 5. The molecule has 0 spiro atoms. The van der Waals surface area contributed by atoms with E-state index in [1.807, 2.05) is 0 Å². The molecule has 3 aromatic carbocycles. The minimum absolute atomic E-state index is 1.34. The second-order valence-electron chi connectivity index (χ2n) is 10.4. The van der Waals surface area contributed by atoms with Gasteiger partial charge in [-0.15, -0.1) is 0 Å². The van der Waals surface area contributed by atoms with Crippen molar-refractivity contribution >= 4 is 62.3 Å². The van der Waals surface area contributed by atoms with Crippen LogP contribution >= 0.6 is 0 Å². The molecule has 6 rings (SSSR count). The van der Waals surface area contributed by atoms with E-state index in [1.165, 1.54) is 70.9 Å². The molecule has 3 aromatic heterocycles. The predicted octanol–water partition coefficient (Wildman–Crippen LogP) is 6.28. The zero-order chi connectivity index (χ0) is 21.8. The standard InChI is InChI=1S/C28H29N2Si/c1-16-8-9-18(3)26-23(16)21-11-10-17(2)24-27(21)30(26)22-15-20(31(5,6)7)14-19-12-13-29(4)28(24)25(19)22/h8-15H,1-7H3/q+1. The zero-order valence-electron chi connectivity index (χ0n) is 19.5. The van der Waals surface area contributed by atoms with Crippen LogP contribution in [0.4, 0.5) is 0 Å². The Bertz CT molecular complexity index is 1700. The summed E-state index contributed by atoms with van der Waals surface area (Å²) in [5, 5.41) is 8.42. The fraction of sp³-hybridized carbons (Fsp3) is 0.250. The van der Waals surface area contributed by atoms with Crippen LogP contribution in [0, 0.1) is 20.8 Å². The van der Waals surface area contributed by atoms with Crippen molar-refractivity contribution in [2.45, 2.75) is 40.4 Å². The van der Waals surface area contributed by atoms with Crippen molar-refractivity contribution in [3.63, 3.8) is 0 Å². The number of benzene rings is 3. The van der Waals surface area contributed by atoms with E-state index in [0.29, 0.717) is 0 Å². The lowest BCUT2D eigenvalue weighted by molar-refractivity contribution is -0.643. The molecule has 3 heteroatoms. The Morgan fingerprint density at radius 2 is 1.42 bits per heavy atom. The van der Waals surface area contributed by atoms with Crippen LogP contribution in [0.5, 0.6) is 0 Å². The molecule has 0 atom stereocenters. The first-order chi connectivity index (χ1) is 14.7. The Kier molecular flexibility index (Phi) is 3.56. The second-order valence-corrected chi connectivity index (χ2v) is 15.5. The lowest BCUT2D eigenvalue weighted by atomic mass is 9.99. The normalized spacial score (nSPS) is 13.0. The highest BCUT2D eigenvalue weighted by Crippen LogP contribution is 2.42. The summed E-state index contributed by atoms with van der Waals surface area (Å²) in [7, 11) is 0.710. The van der Waals surface area contributed by atoms with Crippen LogP contribution in [0.25, 0.3) is 49.0 Å². The fourth-order valence-corrected chi connectivity index (χ4v) is 6.75. The Hall–Kier alpha value is -2.91. The van der Waals surface area contributed by atoms with Gasteiger partial charge in [-0.3, -0.25) is 0 Å². The van der Waals surface area contributed by atoms with Gasteiger partial charge in [-0.1, -0.05) is 55.2 Å². The summed E-state index contributed by atoms with van der Waals surface area (Å²) < 4.78 is 4.91. The van der Waals surface area contributed by atoms with Crippen LogP contribution in [0.15, 0.2) is 48.7 Å². The van der Waals surface area contributed by atoms with E-state index in [-0.39, 0.29) is 0 Å². The van der Waals surface area contributed by atoms with Crippen molar-refractivity contribution in [2.24, 2.45) is 7.05 Å². The van der Waals surface area contributed by atoms with E-state index in [2.05, 4.69) is 105 Å². The molecule has 0 saturated heterocycles. The van der Waals surface area contributed by atoms with Crippen LogP contribution in [-0.4, -0.2) is 12.5 Å². The highest BCUT2D eigenvalue weighted by molar-refractivity contribution is 6.89. The lowest BCUT2D eigenvalue weighted by Crippen LogP contribution is -2.38. The molecule has 0 saturated carbocycles. The lowest BCUT2D eigenvalue weighted by Gasteiger charge is -2.20. The van der Waals surface area contributed by atoms with Crippen molar-refractivity contribution in [3.8, 4) is 0 Å². The topological polar surface area (TPSA) is 8.29 Å². The Morgan fingerprint density at radius 1 is 0.742 bits per heavy atom. The fourth-order valence-electron chi connectivity index (χ4n) is 5.59. The third-order valence-corrected chi connectivity index (χ3v) is 9.27. The van der Waals surface area contributed by atoms with Gasteiger partial charge in [-0.2, -0.15) is 0 Å². The van der Waals surface area contributed by atoms with Crippen molar-refractivity contribution in [1.82, 2.24) is 4.40 Å². The minimum atomic E-state index is -1.48. The predicted molar refractivity (Wildman–Crippen MR) is 137 cm³/mol. The van der Waals surface area contributed by atoms with Crippen LogP contribution in [0.3, 0.4) is 0 Å². The molecule has 0 aliphatic carbocycles. The molecule has 0 N–H and O–H groups in total. The summed E-state index contributed by atoms with van der Waals surface area (Å²) in [5.41, 5.74) is 9.48. The molecule has 154 valence electrons. The summed E-state index contributed by atoms with van der Waals surface area (Å²) in [5.74, 6) is 0. The highest BCUT2D eigenvalue weighted by Gasteiger charge is 2.27. The van der Waals surface area contributed by atoms with E-state index >= 15 is 0 Å². The molecular weight excluding hydrogens is 392 g/mol. The van der Waals surface area contributed by atoms with Gasteiger partial charge in [0, 0.05) is 16.8 Å². The quantitative estimate of drug-likeness (QED) is 0.128. The van der Waals surface area contributed by atoms with E-state index in [9.17, 15) is 0 Å². The van der Waals surface area contributed by atoms with Gasteiger partial charge in [0.25, 0.3) is 0 Å². The van der Waals surface area contributed by atoms with Crippen LogP contribution in [0.1, 0.15) is 16.7 Å². The van der Waals surface area contributed by atoms with E-state index < -0.39 is 8.07 Å². The Balaban J connectivity index is 2.10. The molecule has 0 radical (unpaired) electrons. The molecule has 0 amide bonds. The smallest absolute Gasteiger partial charge is 0.224 e.